The molecule has 94 valence electrons. The van der Waals surface area contributed by atoms with Crippen molar-refractivity contribution in [3.8, 4) is 0 Å². The van der Waals surface area contributed by atoms with E-state index in [0.29, 0.717) is 6.42 Å². The van der Waals surface area contributed by atoms with Crippen LogP contribution < -0.4 is 5.32 Å². The second kappa shape index (κ2) is 5.44. The van der Waals surface area contributed by atoms with Gasteiger partial charge in [-0.25, -0.2) is 4.79 Å². The van der Waals surface area contributed by atoms with Crippen LogP contribution in [0.1, 0.15) is 19.3 Å². The number of allylic oxidation sites excluding steroid dienone is 1. The van der Waals surface area contributed by atoms with Gasteiger partial charge in [0, 0.05) is 17.1 Å². The zero-order valence-electron chi connectivity index (χ0n) is 9.60. The molecule has 0 aromatic heterocycles. The Morgan fingerprint density at radius 3 is 3.29 bits per heavy atom. The van der Waals surface area contributed by atoms with Gasteiger partial charge in [0.05, 0.1) is 13.2 Å². The third-order valence-corrected chi connectivity index (χ3v) is 4.03. The molecule has 0 bridgehead atoms. The van der Waals surface area contributed by atoms with Gasteiger partial charge in [0.15, 0.2) is 6.10 Å². The Balaban J connectivity index is 1.78. The number of unbranched alkanes of at least 4 members (excludes halogenated alkanes) is 1. The number of fused-ring (bicyclic) bond motifs is 1. The summed E-state index contributed by atoms with van der Waals surface area (Å²) in [5, 5.41) is 2.77. The van der Waals surface area contributed by atoms with Crippen molar-refractivity contribution in [3.05, 3.63) is 11.0 Å². The number of methoxy groups -OCH3 is 1. The lowest BCUT2D eigenvalue weighted by Gasteiger charge is -2.06. The number of carbonyl (C=O) groups excluding carboxylic acids is 2. The standard InChI is InChI=1S/C11H15NO4S/c1-15-9(13)5-3-2-4-8-10-7(6-17-8)12-11(14)16-10/h4,7,10H,2-3,5-6H2,1H3,(H,12,14)/b8-4-/t7-,10-/m0/s1. The third-order valence-electron chi connectivity index (χ3n) is 2.77. The fourth-order valence-electron chi connectivity index (χ4n) is 1.88. The summed E-state index contributed by atoms with van der Waals surface area (Å²) in [5.74, 6) is 0.675. The molecule has 0 saturated carbocycles. The maximum Gasteiger partial charge on any atom is 0.408 e. The maximum absolute atomic E-state index is 11.0. The van der Waals surface area contributed by atoms with Crippen molar-refractivity contribution in [2.75, 3.05) is 12.9 Å². The summed E-state index contributed by atoms with van der Waals surface area (Å²) >= 11 is 1.71. The van der Waals surface area contributed by atoms with Gasteiger partial charge >= 0.3 is 12.1 Å². The fraction of sp³-hybridized carbons (Fsp3) is 0.636. The van der Waals surface area contributed by atoms with E-state index in [1.54, 1.807) is 11.8 Å². The SMILES string of the molecule is COC(=O)CCC/C=C1\SC[C@@H]2NC(=O)O[C@H]12. The zero-order chi connectivity index (χ0) is 12.3. The van der Waals surface area contributed by atoms with E-state index in [0.717, 1.165) is 23.5 Å². The van der Waals surface area contributed by atoms with Crippen LogP contribution in [-0.2, 0) is 14.3 Å². The highest BCUT2D eigenvalue weighted by Gasteiger charge is 2.41. The Labute approximate surface area is 104 Å². The van der Waals surface area contributed by atoms with Crippen LogP contribution in [0.25, 0.3) is 0 Å². The lowest BCUT2D eigenvalue weighted by atomic mass is 10.1. The van der Waals surface area contributed by atoms with Gasteiger partial charge < -0.3 is 14.8 Å². The minimum atomic E-state index is -0.333. The Bertz CT molecular complexity index is 355. The second-order valence-electron chi connectivity index (χ2n) is 3.96. The minimum absolute atomic E-state index is 0.111. The van der Waals surface area contributed by atoms with Gasteiger partial charge in [0.25, 0.3) is 0 Å². The molecule has 2 rings (SSSR count). The number of esters is 1. The lowest BCUT2D eigenvalue weighted by Crippen LogP contribution is -2.29. The number of amides is 1. The van der Waals surface area contributed by atoms with Crippen molar-refractivity contribution in [1.29, 1.82) is 0 Å². The van der Waals surface area contributed by atoms with Gasteiger partial charge in [-0.15, -0.1) is 11.8 Å². The topological polar surface area (TPSA) is 64.6 Å². The highest BCUT2D eigenvalue weighted by molar-refractivity contribution is 8.03. The molecule has 0 aromatic carbocycles. The van der Waals surface area contributed by atoms with E-state index in [9.17, 15) is 9.59 Å². The quantitative estimate of drug-likeness (QED) is 0.610. The van der Waals surface area contributed by atoms with Gasteiger partial charge in [-0.3, -0.25) is 4.79 Å². The second-order valence-corrected chi connectivity index (χ2v) is 5.06. The van der Waals surface area contributed by atoms with E-state index >= 15 is 0 Å². The summed E-state index contributed by atoms with van der Waals surface area (Å²) in [5.41, 5.74) is 0. The number of alkyl carbamates (subject to hydrolysis) is 1. The summed E-state index contributed by atoms with van der Waals surface area (Å²) < 4.78 is 9.73. The molecular weight excluding hydrogens is 242 g/mol. The van der Waals surface area contributed by atoms with Crippen LogP contribution in [0.4, 0.5) is 4.79 Å². The predicted molar refractivity (Wildman–Crippen MR) is 63.6 cm³/mol. The molecule has 5 nitrogen and oxygen atoms in total. The molecule has 17 heavy (non-hydrogen) atoms. The van der Waals surface area contributed by atoms with Crippen LogP contribution in [0.5, 0.6) is 0 Å². The van der Waals surface area contributed by atoms with E-state index in [-0.39, 0.29) is 24.2 Å². The molecule has 1 N–H and O–H groups in total. The van der Waals surface area contributed by atoms with Crippen molar-refractivity contribution in [1.82, 2.24) is 5.32 Å². The van der Waals surface area contributed by atoms with E-state index in [2.05, 4.69) is 16.1 Å². The largest absolute Gasteiger partial charge is 0.469 e. The van der Waals surface area contributed by atoms with Crippen molar-refractivity contribution >= 4 is 23.8 Å². The molecule has 2 atom stereocenters. The first-order valence-electron chi connectivity index (χ1n) is 5.57. The first kappa shape index (κ1) is 12.3. The van der Waals surface area contributed by atoms with E-state index in [1.807, 2.05) is 0 Å². The van der Waals surface area contributed by atoms with Crippen LogP contribution >= 0.6 is 11.8 Å². The van der Waals surface area contributed by atoms with E-state index in [4.69, 9.17) is 4.74 Å². The number of carbonyl (C=O) groups is 2. The molecule has 0 aliphatic carbocycles. The monoisotopic (exact) mass is 257 g/mol. The Hall–Kier alpha value is -1.17. The van der Waals surface area contributed by atoms with Crippen LogP contribution in [-0.4, -0.2) is 37.1 Å². The van der Waals surface area contributed by atoms with E-state index in [1.165, 1.54) is 7.11 Å². The highest BCUT2D eigenvalue weighted by Crippen LogP contribution is 2.36. The normalized spacial score (nSPS) is 28.8. The summed E-state index contributed by atoms with van der Waals surface area (Å²) in [6, 6.07) is 0.111. The summed E-state index contributed by atoms with van der Waals surface area (Å²) in [6.45, 7) is 0. The van der Waals surface area contributed by atoms with Gasteiger partial charge in [-0.05, 0) is 12.8 Å². The average molecular weight is 257 g/mol. The molecule has 0 aromatic rings. The molecule has 0 radical (unpaired) electrons. The molecular formula is C11H15NO4S. The minimum Gasteiger partial charge on any atom is -0.469 e. The average Bonchev–Trinajstić information content (AvgIpc) is 2.84. The fourth-order valence-corrected chi connectivity index (χ4v) is 3.12. The van der Waals surface area contributed by atoms with Crippen LogP contribution in [0.2, 0.25) is 0 Å². The van der Waals surface area contributed by atoms with Crippen LogP contribution in [0, 0.1) is 0 Å². The highest BCUT2D eigenvalue weighted by atomic mass is 32.2. The van der Waals surface area contributed by atoms with Crippen molar-refractivity contribution in [3.63, 3.8) is 0 Å². The molecule has 2 heterocycles. The number of hydrogen-bond acceptors (Lipinski definition) is 5. The number of ether oxygens (including phenoxy) is 2. The molecule has 2 fully saturated rings. The smallest absolute Gasteiger partial charge is 0.408 e. The molecule has 0 unspecified atom stereocenters. The van der Waals surface area contributed by atoms with E-state index < -0.39 is 0 Å². The van der Waals surface area contributed by atoms with Gasteiger partial charge in [0.1, 0.15) is 0 Å². The van der Waals surface area contributed by atoms with Gasteiger partial charge in [-0.2, -0.15) is 0 Å². The molecule has 0 spiro atoms. The predicted octanol–water partition coefficient (Wildman–Crippen LogP) is 1.44. The first-order chi connectivity index (χ1) is 8.20. The molecule has 2 aliphatic rings. The molecule has 6 heteroatoms. The Morgan fingerprint density at radius 1 is 1.71 bits per heavy atom. The van der Waals surface area contributed by atoms with Gasteiger partial charge in [0.2, 0.25) is 0 Å². The molecule has 1 amide bonds. The number of hydrogen-bond donors (Lipinski definition) is 1. The summed E-state index contributed by atoms with van der Waals surface area (Å²) in [4.78, 5) is 23.0. The zero-order valence-corrected chi connectivity index (χ0v) is 10.4. The number of thioether (sulfide) groups is 1. The molecule has 2 aliphatic heterocycles. The summed E-state index contributed by atoms with van der Waals surface area (Å²) in [7, 11) is 1.39. The summed E-state index contributed by atoms with van der Waals surface area (Å²) in [6.07, 6.45) is 3.59. The Kier molecular flexibility index (Phi) is 3.93. The Morgan fingerprint density at radius 2 is 2.53 bits per heavy atom. The number of nitrogens with one attached hydrogen (secondary N) is 1. The van der Waals surface area contributed by atoms with Crippen molar-refractivity contribution in [2.45, 2.75) is 31.4 Å². The maximum atomic E-state index is 11.0. The van der Waals surface area contributed by atoms with Crippen molar-refractivity contribution < 1.29 is 19.1 Å². The number of rotatable bonds is 4. The van der Waals surface area contributed by atoms with Crippen molar-refractivity contribution in [2.24, 2.45) is 0 Å². The first-order valence-corrected chi connectivity index (χ1v) is 6.56. The lowest BCUT2D eigenvalue weighted by molar-refractivity contribution is -0.140. The van der Waals surface area contributed by atoms with Crippen LogP contribution in [0.3, 0.4) is 0 Å². The molecule has 2 saturated heterocycles. The third kappa shape index (κ3) is 2.94. The van der Waals surface area contributed by atoms with Gasteiger partial charge in [-0.1, -0.05) is 6.08 Å². The van der Waals surface area contributed by atoms with Crippen LogP contribution in [0.15, 0.2) is 11.0 Å².